The van der Waals surface area contributed by atoms with Gasteiger partial charge in [0.25, 0.3) is 0 Å². The van der Waals surface area contributed by atoms with Crippen LogP contribution in [0.1, 0.15) is 19.4 Å². The van der Waals surface area contributed by atoms with Crippen LogP contribution in [-0.2, 0) is 25.7 Å². The molecule has 3 rings (SSSR count). The summed E-state index contributed by atoms with van der Waals surface area (Å²) in [4.78, 5) is 47.9. The average molecular weight is 515 g/mol. The number of hydrogen-bond donors (Lipinski definition) is 0. The van der Waals surface area contributed by atoms with E-state index in [9.17, 15) is 14.4 Å². The molecule has 36 heavy (non-hydrogen) atoms. The van der Waals surface area contributed by atoms with Crippen molar-refractivity contribution < 1.29 is 23.9 Å². The van der Waals surface area contributed by atoms with Crippen molar-refractivity contribution in [2.24, 2.45) is 0 Å². The van der Waals surface area contributed by atoms with Gasteiger partial charge < -0.3 is 24.2 Å². The molecule has 1 aromatic heterocycles. The van der Waals surface area contributed by atoms with Gasteiger partial charge in [0.05, 0.1) is 30.5 Å². The molecule has 1 aliphatic heterocycles. The summed E-state index contributed by atoms with van der Waals surface area (Å²) in [6.07, 6.45) is 1.19. The van der Waals surface area contributed by atoms with E-state index in [1.54, 1.807) is 23.1 Å². The Morgan fingerprint density at radius 1 is 1.11 bits per heavy atom. The molecule has 0 aliphatic carbocycles. The van der Waals surface area contributed by atoms with E-state index in [1.165, 1.54) is 16.7 Å². The van der Waals surface area contributed by atoms with Crippen molar-refractivity contribution in [3.05, 3.63) is 54.2 Å². The number of ether oxygens (including phenoxy) is 2. The number of thioether (sulfide) groups is 1. The summed E-state index contributed by atoms with van der Waals surface area (Å²) in [7, 11) is 1.60. The van der Waals surface area contributed by atoms with Crippen molar-refractivity contribution >= 4 is 29.5 Å². The summed E-state index contributed by atoms with van der Waals surface area (Å²) in [6, 6.07) is 13.0. The van der Waals surface area contributed by atoms with Gasteiger partial charge in [0.2, 0.25) is 17.7 Å². The highest BCUT2D eigenvalue weighted by Gasteiger charge is 2.31. The number of methoxy groups -OCH3 is 1. The summed E-state index contributed by atoms with van der Waals surface area (Å²) in [6.45, 7) is 5.79. The molecule has 9 nitrogen and oxygen atoms in total. The minimum Gasteiger partial charge on any atom is -0.497 e. The Labute approximate surface area is 216 Å². The predicted octanol–water partition coefficient (Wildman–Crippen LogP) is 2.31. The van der Waals surface area contributed by atoms with E-state index in [4.69, 9.17) is 9.47 Å². The number of likely N-dealkylation sites (N-methyl/N-ethyl adjacent to an activating group) is 1. The zero-order valence-corrected chi connectivity index (χ0v) is 21.9. The van der Waals surface area contributed by atoms with Crippen LogP contribution < -0.4 is 4.74 Å². The molecule has 1 aliphatic rings. The molecule has 0 radical (unpaired) electrons. The van der Waals surface area contributed by atoms with Crippen molar-refractivity contribution in [3.63, 3.8) is 0 Å². The fourth-order valence-corrected chi connectivity index (χ4v) is 4.66. The van der Waals surface area contributed by atoms with Gasteiger partial charge in [-0.15, -0.1) is 0 Å². The second kappa shape index (κ2) is 13.8. The van der Waals surface area contributed by atoms with Crippen LogP contribution in [0.3, 0.4) is 0 Å². The number of pyridine rings is 1. The quantitative estimate of drug-likeness (QED) is 0.425. The lowest BCUT2D eigenvalue weighted by Crippen LogP contribution is -2.42. The molecule has 1 atom stereocenters. The molecule has 2 aromatic rings. The highest BCUT2D eigenvalue weighted by atomic mass is 32.2. The molecule has 1 fully saturated rings. The topological polar surface area (TPSA) is 92.3 Å². The van der Waals surface area contributed by atoms with Crippen LogP contribution in [0, 0.1) is 0 Å². The van der Waals surface area contributed by atoms with Gasteiger partial charge in [-0.3, -0.25) is 14.4 Å². The Morgan fingerprint density at radius 3 is 2.50 bits per heavy atom. The van der Waals surface area contributed by atoms with Gasteiger partial charge in [-0.05, 0) is 43.7 Å². The maximum Gasteiger partial charge on any atom is 0.248 e. The first-order chi connectivity index (χ1) is 17.4. The lowest BCUT2D eigenvalue weighted by molar-refractivity contribution is -0.139. The van der Waals surface area contributed by atoms with Crippen LogP contribution in [0.15, 0.2) is 53.7 Å². The van der Waals surface area contributed by atoms with Crippen molar-refractivity contribution in [2.45, 2.75) is 31.5 Å². The number of rotatable bonds is 11. The maximum absolute atomic E-state index is 13.2. The monoisotopic (exact) mass is 514 g/mol. The minimum absolute atomic E-state index is 0.0401. The zero-order chi connectivity index (χ0) is 25.9. The summed E-state index contributed by atoms with van der Waals surface area (Å²) in [5, 5.41) is 0.741. The maximum atomic E-state index is 13.2. The van der Waals surface area contributed by atoms with Crippen molar-refractivity contribution in [3.8, 4) is 5.75 Å². The third-order valence-electron chi connectivity index (χ3n) is 5.95. The lowest BCUT2D eigenvalue weighted by Gasteiger charge is -2.26. The average Bonchev–Trinajstić information content (AvgIpc) is 3.06. The van der Waals surface area contributed by atoms with E-state index in [-0.39, 0.29) is 49.7 Å². The fourth-order valence-electron chi connectivity index (χ4n) is 3.89. The second-order valence-electron chi connectivity index (χ2n) is 8.35. The summed E-state index contributed by atoms with van der Waals surface area (Å²) >= 11 is 1.33. The Morgan fingerprint density at radius 2 is 1.86 bits per heavy atom. The standard InChI is InChI=1S/C26H34N4O5S/c1-4-28(5-2)25(32)18-35-22-15-29(14-20-9-11-21(34-3)12-10-20)24(31)17-30(16-22)26(33)19-36-23-8-6-7-13-27-23/h6-13,22H,4-5,14-19H2,1-3H3/t22-/m0/s1. The van der Waals surface area contributed by atoms with Crippen molar-refractivity contribution in [2.75, 3.05) is 52.2 Å². The van der Waals surface area contributed by atoms with Crippen LogP contribution in [0.2, 0.25) is 0 Å². The van der Waals surface area contributed by atoms with E-state index >= 15 is 0 Å². The Kier molecular flexibility index (Phi) is 10.6. The molecule has 194 valence electrons. The van der Waals surface area contributed by atoms with Crippen molar-refractivity contribution in [1.29, 1.82) is 0 Å². The predicted molar refractivity (Wildman–Crippen MR) is 138 cm³/mol. The van der Waals surface area contributed by atoms with E-state index in [1.807, 2.05) is 56.3 Å². The molecule has 3 amide bonds. The van der Waals surface area contributed by atoms with Gasteiger partial charge in [-0.1, -0.05) is 30.0 Å². The highest BCUT2D eigenvalue weighted by Crippen LogP contribution is 2.18. The lowest BCUT2D eigenvalue weighted by atomic mass is 10.2. The van der Waals surface area contributed by atoms with E-state index in [0.29, 0.717) is 19.6 Å². The molecule has 10 heteroatoms. The van der Waals surface area contributed by atoms with E-state index in [0.717, 1.165) is 16.3 Å². The number of carbonyl (C=O) groups excluding carboxylic acids is 3. The van der Waals surface area contributed by atoms with Crippen LogP contribution in [-0.4, -0.2) is 95.7 Å². The highest BCUT2D eigenvalue weighted by molar-refractivity contribution is 7.99. The van der Waals surface area contributed by atoms with Gasteiger partial charge >= 0.3 is 0 Å². The van der Waals surface area contributed by atoms with Gasteiger partial charge in [-0.2, -0.15) is 0 Å². The number of hydrogen-bond acceptors (Lipinski definition) is 7. The molecular weight excluding hydrogens is 480 g/mol. The number of nitrogens with zero attached hydrogens (tertiary/aromatic N) is 4. The third-order valence-corrected chi connectivity index (χ3v) is 6.88. The molecule has 2 heterocycles. The minimum atomic E-state index is -0.488. The third kappa shape index (κ3) is 7.96. The molecule has 1 aromatic carbocycles. The van der Waals surface area contributed by atoms with Gasteiger partial charge in [0, 0.05) is 38.9 Å². The van der Waals surface area contributed by atoms with Gasteiger partial charge in [0.1, 0.15) is 12.4 Å². The van der Waals surface area contributed by atoms with E-state index in [2.05, 4.69) is 4.98 Å². The number of carbonyl (C=O) groups is 3. The first-order valence-electron chi connectivity index (χ1n) is 12.0. The summed E-state index contributed by atoms with van der Waals surface area (Å²) in [5.74, 6) is 0.450. The summed E-state index contributed by atoms with van der Waals surface area (Å²) < 4.78 is 11.2. The smallest absolute Gasteiger partial charge is 0.248 e. The molecule has 0 saturated carbocycles. The molecule has 1 saturated heterocycles. The fraction of sp³-hybridized carbons (Fsp3) is 0.462. The number of amides is 3. The van der Waals surface area contributed by atoms with Crippen molar-refractivity contribution in [1.82, 2.24) is 19.7 Å². The molecule has 0 bridgehead atoms. The Bertz CT molecular complexity index is 1000. The molecule has 0 N–H and O–H groups in total. The zero-order valence-electron chi connectivity index (χ0n) is 21.1. The molecule has 0 spiro atoms. The van der Waals surface area contributed by atoms with Crippen LogP contribution in [0.25, 0.3) is 0 Å². The molecule has 0 unspecified atom stereocenters. The van der Waals surface area contributed by atoms with Gasteiger partial charge in [0.15, 0.2) is 0 Å². The van der Waals surface area contributed by atoms with Crippen LogP contribution in [0.4, 0.5) is 0 Å². The van der Waals surface area contributed by atoms with Crippen LogP contribution >= 0.6 is 11.8 Å². The Hall–Kier alpha value is -3.11. The molecular formula is C26H34N4O5S. The normalized spacial score (nSPS) is 16.0. The van der Waals surface area contributed by atoms with E-state index < -0.39 is 6.10 Å². The second-order valence-corrected chi connectivity index (χ2v) is 9.35. The Balaban J connectivity index is 1.71. The van der Waals surface area contributed by atoms with Crippen LogP contribution in [0.5, 0.6) is 5.75 Å². The largest absolute Gasteiger partial charge is 0.497 e. The summed E-state index contributed by atoms with van der Waals surface area (Å²) in [5.41, 5.74) is 0.938. The van der Waals surface area contributed by atoms with Gasteiger partial charge in [-0.25, -0.2) is 4.98 Å². The first-order valence-corrected chi connectivity index (χ1v) is 13.0. The SMILES string of the molecule is CCN(CC)C(=O)CO[C@@H]1CN(C(=O)CSc2ccccn2)CC(=O)N(Cc2ccc(OC)cc2)C1. The first kappa shape index (κ1) is 27.5. The number of aromatic nitrogens is 1. The number of benzene rings is 1.